The summed E-state index contributed by atoms with van der Waals surface area (Å²) in [5.41, 5.74) is 2.98. The summed E-state index contributed by atoms with van der Waals surface area (Å²) in [6, 6.07) is 13.8. The molecule has 0 spiro atoms. The standard InChI is InChI=1S/C16H18N2O/c1-2-9-18-16(19)12-13-6-5-7-14(11-13)15-8-3-4-10-17-15/h3-8,10-11H,2,9,12H2,1H3,(H,18,19). The zero-order chi connectivity index (χ0) is 13.5. The molecule has 0 aliphatic rings. The Balaban J connectivity index is 2.10. The molecule has 0 fully saturated rings. The first-order valence-corrected chi connectivity index (χ1v) is 6.56. The fourth-order valence-electron chi connectivity index (χ4n) is 1.89. The van der Waals surface area contributed by atoms with Crippen molar-refractivity contribution in [2.24, 2.45) is 0 Å². The molecule has 3 heteroatoms. The molecule has 2 rings (SSSR count). The molecule has 19 heavy (non-hydrogen) atoms. The van der Waals surface area contributed by atoms with Gasteiger partial charge < -0.3 is 5.32 Å². The van der Waals surface area contributed by atoms with E-state index in [-0.39, 0.29) is 5.91 Å². The lowest BCUT2D eigenvalue weighted by Gasteiger charge is -2.06. The molecule has 0 atom stereocenters. The lowest BCUT2D eigenvalue weighted by molar-refractivity contribution is -0.120. The molecule has 1 aromatic heterocycles. The van der Waals surface area contributed by atoms with Crippen LogP contribution in [0.1, 0.15) is 18.9 Å². The van der Waals surface area contributed by atoms with Gasteiger partial charge in [-0.25, -0.2) is 0 Å². The van der Waals surface area contributed by atoms with Crippen LogP contribution in [0.15, 0.2) is 48.7 Å². The van der Waals surface area contributed by atoms with Crippen LogP contribution < -0.4 is 5.32 Å². The van der Waals surface area contributed by atoms with E-state index in [1.54, 1.807) is 6.20 Å². The summed E-state index contributed by atoms with van der Waals surface area (Å²) in [4.78, 5) is 16.0. The first-order chi connectivity index (χ1) is 9.29. The minimum Gasteiger partial charge on any atom is -0.356 e. The van der Waals surface area contributed by atoms with Gasteiger partial charge in [0.25, 0.3) is 0 Å². The van der Waals surface area contributed by atoms with E-state index in [0.717, 1.165) is 29.8 Å². The lowest BCUT2D eigenvalue weighted by atomic mass is 10.1. The third-order valence-corrected chi connectivity index (χ3v) is 2.82. The second-order valence-electron chi connectivity index (χ2n) is 4.44. The van der Waals surface area contributed by atoms with Gasteiger partial charge in [0.05, 0.1) is 12.1 Å². The Labute approximate surface area is 113 Å². The molecule has 1 aromatic carbocycles. The average molecular weight is 254 g/mol. The molecular formula is C16H18N2O. The van der Waals surface area contributed by atoms with Crippen LogP contribution in [-0.2, 0) is 11.2 Å². The maximum absolute atomic E-state index is 11.7. The normalized spacial score (nSPS) is 10.2. The molecule has 0 saturated heterocycles. The third kappa shape index (κ3) is 3.91. The first-order valence-electron chi connectivity index (χ1n) is 6.56. The molecule has 0 unspecified atom stereocenters. The number of pyridine rings is 1. The second-order valence-corrected chi connectivity index (χ2v) is 4.44. The number of rotatable bonds is 5. The molecule has 0 saturated carbocycles. The minimum absolute atomic E-state index is 0.0695. The Kier molecular flexibility index (Phi) is 4.67. The summed E-state index contributed by atoms with van der Waals surface area (Å²) in [7, 11) is 0. The van der Waals surface area contributed by atoms with Crippen LogP contribution in [0, 0.1) is 0 Å². The Morgan fingerprint density at radius 1 is 1.21 bits per heavy atom. The Morgan fingerprint density at radius 2 is 2.11 bits per heavy atom. The van der Waals surface area contributed by atoms with Gasteiger partial charge in [0, 0.05) is 18.3 Å². The molecule has 0 radical (unpaired) electrons. The van der Waals surface area contributed by atoms with Crippen LogP contribution in [0.2, 0.25) is 0 Å². The van der Waals surface area contributed by atoms with Crippen LogP contribution in [0.4, 0.5) is 0 Å². The van der Waals surface area contributed by atoms with Gasteiger partial charge in [-0.05, 0) is 30.2 Å². The molecule has 98 valence electrons. The predicted octanol–water partition coefficient (Wildman–Crippen LogP) is 2.82. The highest BCUT2D eigenvalue weighted by Crippen LogP contribution is 2.17. The number of hydrogen-bond donors (Lipinski definition) is 1. The SMILES string of the molecule is CCCNC(=O)Cc1cccc(-c2ccccn2)c1. The van der Waals surface area contributed by atoms with Crippen LogP contribution in [0.25, 0.3) is 11.3 Å². The molecule has 1 heterocycles. The fraction of sp³-hybridized carbons (Fsp3) is 0.250. The number of nitrogens with one attached hydrogen (secondary N) is 1. The maximum atomic E-state index is 11.7. The van der Waals surface area contributed by atoms with Gasteiger partial charge in [0.1, 0.15) is 0 Å². The molecule has 0 aliphatic carbocycles. The number of hydrogen-bond acceptors (Lipinski definition) is 2. The quantitative estimate of drug-likeness (QED) is 0.891. The van der Waals surface area contributed by atoms with E-state index in [0.29, 0.717) is 6.42 Å². The van der Waals surface area contributed by atoms with Gasteiger partial charge in [-0.2, -0.15) is 0 Å². The van der Waals surface area contributed by atoms with Crippen molar-refractivity contribution in [3.8, 4) is 11.3 Å². The maximum Gasteiger partial charge on any atom is 0.224 e. The number of aromatic nitrogens is 1. The minimum atomic E-state index is 0.0695. The number of carbonyl (C=O) groups is 1. The third-order valence-electron chi connectivity index (χ3n) is 2.82. The second kappa shape index (κ2) is 6.69. The van der Waals surface area contributed by atoms with Gasteiger partial charge in [-0.15, -0.1) is 0 Å². The first kappa shape index (κ1) is 13.3. The van der Waals surface area contributed by atoms with Crippen molar-refractivity contribution in [1.29, 1.82) is 0 Å². The largest absolute Gasteiger partial charge is 0.356 e. The predicted molar refractivity (Wildman–Crippen MR) is 76.7 cm³/mol. The summed E-state index contributed by atoms with van der Waals surface area (Å²) in [5.74, 6) is 0.0695. The van der Waals surface area contributed by atoms with Crippen molar-refractivity contribution >= 4 is 5.91 Å². The number of carbonyl (C=O) groups excluding carboxylic acids is 1. The number of nitrogens with zero attached hydrogens (tertiary/aromatic N) is 1. The van der Waals surface area contributed by atoms with E-state index >= 15 is 0 Å². The fourth-order valence-corrected chi connectivity index (χ4v) is 1.89. The topological polar surface area (TPSA) is 42.0 Å². The summed E-state index contributed by atoms with van der Waals surface area (Å²) in [5, 5.41) is 2.89. The lowest BCUT2D eigenvalue weighted by Crippen LogP contribution is -2.25. The van der Waals surface area contributed by atoms with E-state index in [1.807, 2.05) is 49.4 Å². The molecular weight excluding hydrogens is 236 g/mol. The highest BCUT2D eigenvalue weighted by Gasteiger charge is 2.04. The van der Waals surface area contributed by atoms with Crippen LogP contribution in [-0.4, -0.2) is 17.4 Å². The Hall–Kier alpha value is -2.16. The van der Waals surface area contributed by atoms with E-state index in [9.17, 15) is 4.79 Å². The van der Waals surface area contributed by atoms with E-state index in [4.69, 9.17) is 0 Å². The number of benzene rings is 1. The summed E-state index contributed by atoms with van der Waals surface area (Å²) < 4.78 is 0. The highest BCUT2D eigenvalue weighted by atomic mass is 16.1. The van der Waals surface area contributed by atoms with Crippen molar-refractivity contribution in [3.05, 3.63) is 54.2 Å². The Bertz CT molecular complexity index is 537. The van der Waals surface area contributed by atoms with E-state index in [1.165, 1.54) is 0 Å². The Morgan fingerprint density at radius 3 is 2.84 bits per heavy atom. The van der Waals surface area contributed by atoms with Crippen LogP contribution in [0.3, 0.4) is 0 Å². The van der Waals surface area contributed by atoms with E-state index in [2.05, 4.69) is 10.3 Å². The van der Waals surface area contributed by atoms with Crippen molar-refractivity contribution < 1.29 is 4.79 Å². The van der Waals surface area contributed by atoms with Gasteiger partial charge in [-0.3, -0.25) is 9.78 Å². The molecule has 3 nitrogen and oxygen atoms in total. The number of amides is 1. The molecule has 0 aliphatic heterocycles. The van der Waals surface area contributed by atoms with Crippen molar-refractivity contribution in [3.63, 3.8) is 0 Å². The zero-order valence-electron chi connectivity index (χ0n) is 11.1. The van der Waals surface area contributed by atoms with Crippen molar-refractivity contribution in [2.75, 3.05) is 6.54 Å². The van der Waals surface area contributed by atoms with E-state index < -0.39 is 0 Å². The highest BCUT2D eigenvalue weighted by molar-refractivity contribution is 5.79. The van der Waals surface area contributed by atoms with Crippen molar-refractivity contribution in [2.45, 2.75) is 19.8 Å². The van der Waals surface area contributed by atoms with Gasteiger partial charge in [0.2, 0.25) is 5.91 Å². The smallest absolute Gasteiger partial charge is 0.224 e. The molecule has 1 N–H and O–H groups in total. The average Bonchev–Trinajstić information content (AvgIpc) is 2.46. The van der Waals surface area contributed by atoms with Gasteiger partial charge in [0.15, 0.2) is 0 Å². The monoisotopic (exact) mass is 254 g/mol. The van der Waals surface area contributed by atoms with Gasteiger partial charge >= 0.3 is 0 Å². The summed E-state index contributed by atoms with van der Waals surface area (Å²) in [6.07, 6.45) is 3.15. The molecule has 1 amide bonds. The molecule has 2 aromatic rings. The summed E-state index contributed by atoms with van der Waals surface area (Å²) >= 11 is 0. The van der Waals surface area contributed by atoms with Gasteiger partial charge in [-0.1, -0.05) is 31.2 Å². The molecule has 0 bridgehead atoms. The van der Waals surface area contributed by atoms with Crippen molar-refractivity contribution in [1.82, 2.24) is 10.3 Å². The summed E-state index contributed by atoms with van der Waals surface area (Å²) in [6.45, 7) is 2.78. The van der Waals surface area contributed by atoms with Crippen LogP contribution >= 0.6 is 0 Å². The van der Waals surface area contributed by atoms with Crippen LogP contribution in [0.5, 0.6) is 0 Å². The zero-order valence-corrected chi connectivity index (χ0v) is 11.1.